The predicted octanol–water partition coefficient (Wildman–Crippen LogP) is 2.59. The molecule has 0 amide bonds. The monoisotopic (exact) mass is 332 g/mol. The highest BCUT2D eigenvalue weighted by atomic mass is 16.3. The Bertz CT molecular complexity index is 667. The predicted molar refractivity (Wildman–Crippen MR) is 91.2 cm³/mol. The van der Waals surface area contributed by atoms with Crippen molar-refractivity contribution in [1.82, 2.24) is 0 Å². The average Bonchev–Trinajstić information content (AvgIpc) is 2.91. The number of rotatable bonds is 0. The molecule has 3 rings (SSSR count). The summed E-state index contributed by atoms with van der Waals surface area (Å²) in [6.07, 6.45) is 4.89. The first-order valence-electron chi connectivity index (χ1n) is 8.82. The number of fused-ring (bicyclic) bond motifs is 2. The Balaban J connectivity index is 2.06. The third kappa shape index (κ3) is 2.51. The van der Waals surface area contributed by atoms with E-state index in [-0.39, 0.29) is 23.5 Å². The number of carbonyl (C=O) groups is 2. The molecule has 0 aromatic carbocycles. The first kappa shape index (κ1) is 17.6. The molecule has 3 aliphatic rings. The maximum Gasteiger partial charge on any atom is 0.194 e. The zero-order valence-electron chi connectivity index (χ0n) is 15.2. The molecule has 2 N–H and O–H groups in total. The molecule has 0 aromatic heterocycles. The van der Waals surface area contributed by atoms with Crippen molar-refractivity contribution in [2.75, 3.05) is 0 Å². The van der Waals surface area contributed by atoms with Crippen molar-refractivity contribution >= 4 is 11.6 Å². The van der Waals surface area contributed by atoms with Gasteiger partial charge in [-0.25, -0.2) is 0 Å². The minimum absolute atomic E-state index is 0.104. The van der Waals surface area contributed by atoms with Crippen molar-refractivity contribution < 1.29 is 19.8 Å². The Hall–Kier alpha value is -1.26. The number of ketones is 2. The summed E-state index contributed by atoms with van der Waals surface area (Å²) >= 11 is 0. The lowest BCUT2D eigenvalue weighted by molar-refractivity contribution is -0.141. The minimum Gasteiger partial charge on any atom is -0.390 e. The molecule has 4 heteroatoms. The molecule has 0 aliphatic heterocycles. The molecule has 3 aliphatic carbocycles. The van der Waals surface area contributed by atoms with Crippen molar-refractivity contribution in [2.24, 2.45) is 23.2 Å². The quantitative estimate of drug-likeness (QED) is 0.715. The fraction of sp³-hybridized carbons (Fsp3) is 0.700. The van der Waals surface area contributed by atoms with E-state index in [1.165, 1.54) is 6.08 Å². The zero-order valence-corrected chi connectivity index (χ0v) is 15.2. The van der Waals surface area contributed by atoms with Crippen LogP contribution in [0.4, 0.5) is 0 Å². The maximum atomic E-state index is 13.0. The Morgan fingerprint density at radius 3 is 2.33 bits per heavy atom. The normalized spacial score (nSPS) is 44.9. The molecule has 1 saturated carbocycles. The molecule has 0 radical (unpaired) electrons. The van der Waals surface area contributed by atoms with Crippen LogP contribution in [-0.2, 0) is 9.59 Å². The minimum atomic E-state index is -1.83. The Morgan fingerprint density at radius 1 is 1.08 bits per heavy atom. The van der Waals surface area contributed by atoms with Crippen LogP contribution in [0.5, 0.6) is 0 Å². The van der Waals surface area contributed by atoms with E-state index < -0.39 is 22.9 Å². The van der Waals surface area contributed by atoms with Gasteiger partial charge in [0, 0.05) is 0 Å². The Morgan fingerprint density at radius 2 is 1.71 bits per heavy atom. The molecule has 0 bridgehead atoms. The number of aliphatic hydroxyl groups is 2. The van der Waals surface area contributed by atoms with E-state index in [2.05, 4.69) is 13.8 Å². The molecule has 0 aromatic rings. The SMILES string of the molecule is CC1=CC2(O)C(=O)C(C)=CC3C(CCC(C)(O)CC2C1=O)C3(C)C. The summed E-state index contributed by atoms with van der Waals surface area (Å²) in [5.41, 5.74) is -1.88. The summed E-state index contributed by atoms with van der Waals surface area (Å²) in [4.78, 5) is 25.5. The summed E-state index contributed by atoms with van der Waals surface area (Å²) in [6, 6.07) is 0. The van der Waals surface area contributed by atoms with Gasteiger partial charge < -0.3 is 10.2 Å². The van der Waals surface area contributed by atoms with Gasteiger partial charge in [-0.05, 0) is 74.5 Å². The van der Waals surface area contributed by atoms with Gasteiger partial charge in [-0.15, -0.1) is 0 Å². The summed E-state index contributed by atoms with van der Waals surface area (Å²) in [7, 11) is 0. The molecule has 0 spiro atoms. The van der Waals surface area contributed by atoms with E-state index in [4.69, 9.17) is 0 Å². The number of carbonyl (C=O) groups excluding carboxylic acids is 2. The highest BCUT2D eigenvalue weighted by molar-refractivity contribution is 6.12. The first-order chi connectivity index (χ1) is 10.9. The standard InChI is InChI=1S/C20H28O4/c1-11-8-14-13(18(14,3)4)6-7-19(5,23)10-15-16(21)12(2)9-20(15,24)17(11)22/h8-9,13-15,23-24H,6-7,10H2,1-5H3. The lowest BCUT2D eigenvalue weighted by Crippen LogP contribution is -2.47. The van der Waals surface area contributed by atoms with Crippen LogP contribution in [0.25, 0.3) is 0 Å². The number of allylic oxidation sites excluding steroid dienone is 2. The fourth-order valence-corrected chi connectivity index (χ4v) is 4.79. The van der Waals surface area contributed by atoms with Crippen LogP contribution in [0, 0.1) is 23.2 Å². The molecular weight excluding hydrogens is 304 g/mol. The second kappa shape index (κ2) is 5.12. The van der Waals surface area contributed by atoms with E-state index in [0.29, 0.717) is 23.5 Å². The molecule has 0 saturated heterocycles. The second-order valence-electron chi connectivity index (χ2n) is 8.94. The molecule has 0 heterocycles. The molecular formula is C20H28O4. The third-order valence-electron chi connectivity index (χ3n) is 6.60. The second-order valence-corrected chi connectivity index (χ2v) is 8.94. The fourth-order valence-electron chi connectivity index (χ4n) is 4.79. The van der Waals surface area contributed by atoms with Crippen LogP contribution in [0.1, 0.15) is 53.9 Å². The van der Waals surface area contributed by atoms with Crippen LogP contribution in [0.2, 0.25) is 0 Å². The summed E-state index contributed by atoms with van der Waals surface area (Å²) < 4.78 is 0. The summed E-state index contributed by atoms with van der Waals surface area (Å²) in [6.45, 7) is 9.42. The van der Waals surface area contributed by atoms with Gasteiger partial charge in [-0.3, -0.25) is 9.59 Å². The van der Waals surface area contributed by atoms with Gasteiger partial charge in [0.05, 0.1) is 11.5 Å². The Kier molecular flexibility index (Phi) is 3.75. The van der Waals surface area contributed by atoms with E-state index in [0.717, 1.165) is 6.42 Å². The van der Waals surface area contributed by atoms with Gasteiger partial charge in [0.25, 0.3) is 0 Å². The largest absolute Gasteiger partial charge is 0.390 e. The molecule has 5 unspecified atom stereocenters. The molecule has 1 fully saturated rings. The van der Waals surface area contributed by atoms with Crippen LogP contribution in [0.3, 0.4) is 0 Å². The third-order valence-corrected chi connectivity index (χ3v) is 6.60. The summed E-state index contributed by atoms with van der Waals surface area (Å²) in [5.74, 6) is -0.835. The topological polar surface area (TPSA) is 74.6 Å². The van der Waals surface area contributed by atoms with Crippen LogP contribution in [-0.4, -0.2) is 33.0 Å². The zero-order chi connectivity index (χ0) is 18.1. The van der Waals surface area contributed by atoms with Gasteiger partial charge in [0.2, 0.25) is 0 Å². The lowest BCUT2D eigenvalue weighted by Gasteiger charge is -2.33. The van der Waals surface area contributed by atoms with Crippen molar-refractivity contribution in [1.29, 1.82) is 0 Å². The van der Waals surface area contributed by atoms with Gasteiger partial charge in [-0.1, -0.05) is 19.9 Å². The molecule has 24 heavy (non-hydrogen) atoms. The average molecular weight is 332 g/mol. The lowest BCUT2D eigenvalue weighted by atomic mass is 9.76. The van der Waals surface area contributed by atoms with Crippen molar-refractivity contribution in [3.05, 3.63) is 23.3 Å². The van der Waals surface area contributed by atoms with Crippen LogP contribution < -0.4 is 0 Å². The van der Waals surface area contributed by atoms with Gasteiger partial charge in [0.1, 0.15) is 0 Å². The Labute approximate surface area is 143 Å². The molecule has 4 nitrogen and oxygen atoms in total. The van der Waals surface area contributed by atoms with E-state index in [1.54, 1.807) is 20.8 Å². The molecule has 5 atom stereocenters. The van der Waals surface area contributed by atoms with Crippen molar-refractivity contribution in [3.63, 3.8) is 0 Å². The van der Waals surface area contributed by atoms with E-state index in [1.807, 2.05) is 6.08 Å². The van der Waals surface area contributed by atoms with Crippen LogP contribution >= 0.6 is 0 Å². The summed E-state index contributed by atoms with van der Waals surface area (Å²) in [5, 5.41) is 21.9. The molecule has 132 valence electrons. The number of hydrogen-bond donors (Lipinski definition) is 2. The van der Waals surface area contributed by atoms with Gasteiger partial charge in [0.15, 0.2) is 17.2 Å². The highest BCUT2D eigenvalue weighted by Crippen LogP contribution is 2.62. The van der Waals surface area contributed by atoms with Crippen molar-refractivity contribution in [2.45, 2.75) is 65.1 Å². The number of hydrogen-bond acceptors (Lipinski definition) is 4. The van der Waals surface area contributed by atoms with E-state index >= 15 is 0 Å². The first-order valence-corrected chi connectivity index (χ1v) is 8.82. The maximum absolute atomic E-state index is 13.0. The smallest absolute Gasteiger partial charge is 0.194 e. The number of Topliss-reactive ketones (excluding diaryl/α,β-unsaturated/α-hetero) is 2. The van der Waals surface area contributed by atoms with Gasteiger partial charge >= 0.3 is 0 Å². The van der Waals surface area contributed by atoms with Crippen molar-refractivity contribution in [3.8, 4) is 0 Å². The van der Waals surface area contributed by atoms with Crippen LogP contribution in [0.15, 0.2) is 23.3 Å². The van der Waals surface area contributed by atoms with E-state index in [9.17, 15) is 19.8 Å². The van der Waals surface area contributed by atoms with Gasteiger partial charge in [-0.2, -0.15) is 0 Å². The highest BCUT2D eigenvalue weighted by Gasteiger charge is 2.58.